The molecule has 1 atom stereocenters. The maximum absolute atomic E-state index is 13.9. The molecule has 1 saturated heterocycles. The van der Waals surface area contributed by atoms with Gasteiger partial charge in [-0.3, -0.25) is 9.78 Å². The normalized spacial score (nSPS) is 15.1. The van der Waals surface area contributed by atoms with Gasteiger partial charge in [-0.25, -0.2) is 4.79 Å². The van der Waals surface area contributed by atoms with Crippen LogP contribution in [0.2, 0.25) is 0 Å². The third-order valence-electron chi connectivity index (χ3n) is 6.59. The third-order valence-corrected chi connectivity index (χ3v) is 6.59. The van der Waals surface area contributed by atoms with E-state index in [0.717, 1.165) is 11.1 Å². The van der Waals surface area contributed by atoms with Gasteiger partial charge in [-0.1, -0.05) is 5.16 Å². The molecule has 4 rings (SSSR count). The minimum atomic E-state index is -1.18. The highest BCUT2D eigenvalue weighted by atomic mass is 16.5. The molecule has 0 spiro atoms. The van der Waals surface area contributed by atoms with Gasteiger partial charge in [-0.2, -0.15) is 0 Å². The largest absolute Gasteiger partial charge is 0.496 e. The van der Waals surface area contributed by atoms with E-state index in [1.165, 1.54) is 13.3 Å². The lowest BCUT2D eigenvalue weighted by molar-refractivity contribution is -0.125. The molecule has 192 valence electrons. The number of pyridine rings is 1. The van der Waals surface area contributed by atoms with Gasteiger partial charge in [-0.15, -0.1) is 0 Å². The summed E-state index contributed by atoms with van der Waals surface area (Å²) in [5.74, 6) is -0.515. The predicted octanol–water partition coefficient (Wildman–Crippen LogP) is 4.01. The Morgan fingerprint density at radius 2 is 1.94 bits per heavy atom. The Hall–Kier alpha value is -3.50. The van der Waals surface area contributed by atoms with Crippen molar-refractivity contribution in [3.8, 4) is 16.9 Å². The highest BCUT2D eigenvalue weighted by Gasteiger charge is 2.34. The Bertz CT molecular complexity index is 1260. The summed E-state index contributed by atoms with van der Waals surface area (Å²) in [7, 11) is 3.09. The molecule has 1 aliphatic rings. The predicted molar refractivity (Wildman–Crippen MR) is 133 cm³/mol. The number of methoxy groups -OCH3 is 2. The van der Waals surface area contributed by atoms with Crippen molar-refractivity contribution < 1.29 is 33.4 Å². The van der Waals surface area contributed by atoms with Crippen LogP contribution >= 0.6 is 0 Å². The number of aryl methyl sites for hydroxylation is 2. The van der Waals surface area contributed by atoms with E-state index < -0.39 is 12.0 Å². The van der Waals surface area contributed by atoms with E-state index in [1.807, 2.05) is 26.8 Å². The summed E-state index contributed by atoms with van der Waals surface area (Å²) in [6.45, 7) is 6.69. The molecular formula is C26H31N3O7. The lowest BCUT2D eigenvalue weighted by Crippen LogP contribution is -2.46. The number of nitrogens with zero attached hydrogens (tertiary/aromatic N) is 3. The van der Waals surface area contributed by atoms with Crippen LogP contribution < -0.4 is 9.64 Å². The molecule has 1 N–H and O–H groups in total. The summed E-state index contributed by atoms with van der Waals surface area (Å²) in [6.07, 6.45) is 2.44. The van der Waals surface area contributed by atoms with Crippen LogP contribution in [0.4, 0.5) is 5.69 Å². The zero-order chi connectivity index (χ0) is 26.0. The van der Waals surface area contributed by atoms with Gasteiger partial charge in [0.15, 0.2) is 0 Å². The van der Waals surface area contributed by atoms with Gasteiger partial charge in [0, 0.05) is 43.4 Å². The Morgan fingerprint density at radius 3 is 2.53 bits per heavy atom. The minimum Gasteiger partial charge on any atom is -0.496 e. The lowest BCUT2D eigenvalue weighted by Gasteiger charge is -2.35. The Morgan fingerprint density at radius 1 is 1.22 bits per heavy atom. The number of aromatic nitrogens is 2. The van der Waals surface area contributed by atoms with Crippen molar-refractivity contribution in [1.29, 1.82) is 0 Å². The number of carbonyl (C=O) groups is 2. The molecule has 1 amide bonds. The van der Waals surface area contributed by atoms with Gasteiger partial charge in [0.2, 0.25) is 5.91 Å². The van der Waals surface area contributed by atoms with Crippen LogP contribution in [0.3, 0.4) is 0 Å². The summed E-state index contributed by atoms with van der Waals surface area (Å²) < 4.78 is 21.9. The molecule has 10 nitrogen and oxygen atoms in total. The second kappa shape index (κ2) is 10.6. The zero-order valence-electron chi connectivity index (χ0n) is 21.2. The summed E-state index contributed by atoms with van der Waals surface area (Å²) in [5.41, 5.74) is 2.91. The first-order valence-corrected chi connectivity index (χ1v) is 11.9. The van der Waals surface area contributed by atoms with E-state index in [1.54, 1.807) is 18.1 Å². The van der Waals surface area contributed by atoms with Crippen LogP contribution in [0.25, 0.3) is 22.0 Å². The highest BCUT2D eigenvalue weighted by molar-refractivity contribution is 6.12. The summed E-state index contributed by atoms with van der Waals surface area (Å²) in [4.78, 5) is 32.3. The number of hydrogen-bond donors (Lipinski definition) is 1. The Labute approximate surface area is 209 Å². The second-order valence-corrected chi connectivity index (χ2v) is 8.99. The number of aromatic carboxylic acids is 1. The number of ether oxygens (including phenoxy) is 3. The number of benzene rings is 1. The van der Waals surface area contributed by atoms with E-state index in [-0.39, 0.29) is 29.7 Å². The molecule has 0 aliphatic carbocycles. The molecular weight excluding hydrogens is 466 g/mol. The molecule has 1 unspecified atom stereocenters. The van der Waals surface area contributed by atoms with Gasteiger partial charge in [0.25, 0.3) is 0 Å². The number of carboxylic acids is 1. The number of fused-ring (bicyclic) bond motifs is 1. The smallest absolute Gasteiger partial charge is 0.339 e. The fraction of sp³-hybridized carbons (Fsp3) is 0.462. The number of carbonyl (C=O) groups excluding carboxylic acids is 1. The van der Waals surface area contributed by atoms with E-state index in [2.05, 4.69) is 10.1 Å². The monoisotopic (exact) mass is 497 g/mol. The molecule has 2 aromatic heterocycles. The first-order chi connectivity index (χ1) is 17.3. The van der Waals surface area contributed by atoms with Gasteiger partial charge >= 0.3 is 5.97 Å². The summed E-state index contributed by atoms with van der Waals surface area (Å²) >= 11 is 0. The van der Waals surface area contributed by atoms with Gasteiger partial charge < -0.3 is 28.7 Å². The molecule has 0 saturated carbocycles. The maximum atomic E-state index is 13.9. The first kappa shape index (κ1) is 25.6. The topological polar surface area (TPSA) is 124 Å². The molecule has 0 bridgehead atoms. The first-order valence-electron chi connectivity index (χ1n) is 11.9. The fourth-order valence-electron chi connectivity index (χ4n) is 4.86. The van der Waals surface area contributed by atoms with Crippen molar-refractivity contribution in [2.75, 3.05) is 38.9 Å². The second-order valence-electron chi connectivity index (χ2n) is 8.99. The lowest BCUT2D eigenvalue weighted by atomic mass is 9.95. The Kier molecular flexibility index (Phi) is 7.56. The van der Waals surface area contributed by atoms with E-state index in [4.69, 9.17) is 18.7 Å². The van der Waals surface area contributed by atoms with Crippen LogP contribution in [0.1, 0.15) is 41.6 Å². The zero-order valence-corrected chi connectivity index (χ0v) is 21.2. The quantitative estimate of drug-likeness (QED) is 0.491. The van der Waals surface area contributed by atoms with Gasteiger partial charge in [0.05, 0.1) is 42.2 Å². The standard InChI is InChI=1S/C26H31N3O7/c1-14(13-33-4)29(25(30)17-6-8-35-9-7-17)24-18-11-22(34-5)19(23-15(2)28-36-16(23)3)10-21(18)27-12-20(24)26(31)32/h10-12,14,17H,6-9,13H2,1-5H3,(H,31,32). The van der Waals surface area contributed by atoms with Gasteiger partial charge in [0.1, 0.15) is 17.1 Å². The van der Waals surface area contributed by atoms with Crippen molar-refractivity contribution in [2.45, 2.75) is 39.7 Å². The maximum Gasteiger partial charge on any atom is 0.339 e. The van der Waals surface area contributed by atoms with Crippen molar-refractivity contribution in [2.24, 2.45) is 5.92 Å². The average Bonchev–Trinajstić information content (AvgIpc) is 3.21. The summed E-state index contributed by atoms with van der Waals surface area (Å²) in [5, 5.41) is 14.6. The fourth-order valence-corrected chi connectivity index (χ4v) is 4.86. The van der Waals surface area contributed by atoms with Crippen LogP contribution in [0, 0.1) is 19.8 Å². The number of carboxylic acid groups (broad SMARTS) is 1. The van der Waals surface area contributed by atoms with Crippen LogP contribution in [0.15, 0.2) is 22.9 Å². The molecule has 3 heterocycles. The molecule has 1 aromatic carbocycles. The Balaban J connectivity index is 1.99. The number of hydrogen-bond acceptors (Lipinski definition) is 8. The van der Waals surface area contributed by atoms with Crippen molar-refractivity contribution in [3.63, 3.8) is 0 Å². The van der Waals surface area contributed by atoms with Crippen LogP contribution in [0.5, 0.6) is 5.75 Å². The SMILES string of the molecule is COCC(C)N(C(=O)C1CCOCC1)c1c(C(=O)O)cnc2cc(-c3c(C)noc3C)c(OC)cc12. The number of anilines is 1. The molecule has 0 radical (unpaired) electrons. The van der Waals surface area contributed by atoms with Crippen molar-refractivity contribution in [3.05, 3.63) is 35.3 Å². The number of amides is 1. The van der Waals surface area contributed by atoms with Gasteiger partial charge in [-0.05, 0) is 45.7 Å². The average molecular weight is 498 g/mol. The van der Waals surface area contributed by atoms with Crippen molar-refractivity contribution >= 4 is 28.5 Å². The molecule has 3 aromatic rings. The highest BCUT2D eigenvalue weighted by Crippen LogP contribution is 2.41. The van der Waals surface area contributed by atoms with E-state index in [0.29, 0.717) is 54.2 Å². The molecule has 1 aliphatic heterocycles. The van der Waals surface area contributed by atoms with E-state index in [9.17, 15) is 14.7 Å². The molecule has 1 fully saturated rings. The molecule has 10 heteroatoms. The summed E-state index contributed by atoms with van der Waals surface area (Å²) in [6, 6.07) is 3.12. The number of rotatable bonds is 8. The van der Waals surface area contributed by atoms with Crippen LogP contribution in [-0.4, -0.2) is 67.2 Å². The van der Waals surface area contributed by atoms with E-state index >= 15 is 0 Å². The third kappa shape index (κ3) is 4.66. The molecule has 36 heavy (non-hydrogen) atoms. The van der Waals surface area contributed by atoms with Crippen LogP contribution in [-0.2, 0) is 14.3 Å². The minimum absolute atomic E-state index is 0.0713. The van der Waals surface area contributed by atoms with Crippen molar-refractivity contribution in [1.82, 2.24) is 10.1 Å².